The number of fused-ring (bicyclic) bond motifs is 1. The minimum absolute atomic E-state index is 0.0278. The van der Waals surface area contributed by atoms with Gasteiger partial charge in [0, 0.05) is 48.2 Å². The fraction of sp³-hybridized carbons (Fsp3) is 0.200. The molecule has 1 fully saturated rings. The van der Waals surface area contributed by atoms with Crippen molar-refractivity contribution in [1.82, 2.24) is 9.88 Å². The van der Waals surface area contributed by atoms with Gasteiger partial charge in [-0.05, 0) is 47.4 Å². The first-order valence-corrected chi connectivity index (χ1v) is 10.8. The first-order valence-electron chi connectivity index (χ1n) is 10.4. The molecule has 0 N–H and O–H groups in total. The summed E-state index contributed by atoms with van der Waals surface area (Å²) in [6, 6.07) is 19.2. The predicted octanol–water partition coefficient (Wildman–Crippen LogP) is 6.22. The van der Waals surface area contributed by atoms with E-state index in [1.54, 1.807) is 18.2 Å². The van der Waals surface area contributed by atoms with Gasteiger partial charge in [-0.1, -0.05) is 41.9 Å². The summed E-state index contributed by atoms with van der Waals surface area (Å²) in [7, 11) is 0. The van der Waals surface area contributed by atoms with E-state index in [2.05, 4.69) is 22.9 Å². The maximum atomic E-state index is 13.7. The van der Waals surface area contributed by atoms with E-state index in [-0.39, 0.29) is 23.5 Å². The second-order valence-electron chi connectivity index (χ2n) is 8.07. The van der Waals surface area contributed by atoms with Gasteiger partial charge >= 0.3 is 0 Å². The molecule has 5 rings (SSSR count). The zero-order chi connectivity index (χ0) is 22.2. The van der Waals surface area contributed by atoms with Crippen molar-refractivity contribution in [3.05, 3.63) is 111 Å². The summed E-state index contributed by atoms with van der Waals surface area (Å²) in [5.74, 6) is -0.144. The van der Waals surface area contributed by atoms with Crippen LogP contribution in [-0.2, 0) is 6.54 Å². The Kier molecular flexibility index (Phi) is 5.41. The maximum absolute atomic E-state index is 13.7. The fourth-order valence-corrected chi connectivity index (χ4v) is 4.97. The van der Waals surface area contributed by atoms with Gasteiger partial charge in [0.1, 0.15) is 5.82 Å². The number of halogens is 2. The van der Waals surface area contributed by atoms with Gasteiger partial charge in [0.05, 0.1) is 16.0 Å². The van der Waals surface area contributed by atoms with Gasteiger partial charge in [0.2, 0.25) is 0 Å². The summed E-state index contributed by atoms with van der Waals surface area (Å²) >= 11 is 6.45. The number of para-hydroxylation sites is 1. The van der Waals surface area contributed by atoms with E-state index in [9.17, 15) is 14.5 Å². The number of hydrogen-bond acceptors (Lipinski definition) is 2. The molecule has 1 radical (unpaired) electrons. The molecule has 0 amide bonds. The average Bonchev–Trinajstić information content (AvgIpc) is 3.39. The number of nitrogens with zero attached hydrogens (tertiary/aromatic N) is 3. The molecule has 1 aliphatic rings. The lowest BCUT2D eigenvalue weighted by Gasteiger charge is -2.20. The van der Waals surface area contributed by atoms with E-state index in [1.165, 1.54) is 18.2 Å². The Balaban J connectivity index is 1.55. The highest BCUT2D eigenvalue weighted by atomic mass is 35.5. The third-order valence-corrected chi connectivity index (χ3v) is 6.45. The molecule has 1 aromatic heterocycles. The summed E-state index contributed by atoms with van der Waals surface area (Å²) in [5.41, 5.74) is 3.91. The Morgan fingerprint density at radius 1 is 1.09 bits per heavy atom. The van der Waals surface area contributed by atoms with E-state index in [1.807, 2.05) is 18.2 Å². The molecule has 0 bridgehead atoms. The monoisotopic (exact) mass is 448 g/mol. The molecule has 3 aromatic carbocycles. The number of hydrogen-bond donors (Lipinski definition) is 0. The van der Waals surface area contributed by atoms with Crippen molar-refractivity contribution < 1.29 is 9.31 Å². The Morgan fingerprint density at radius 3 is 2.72 bits per heavy atom. The summed E-state index contributed by atoms with van der Waals surface area (Å²) < 4.78 is 15.9. The van der Waals surface area contributed by atoms with Crippen LogP contribution in [0.25, 0.3) is 10.9 Å². The number of benzene rings is 3. The van der Waals surface area contributed by atoms with Crippen molar-refractivity contribution in [1.29, 1.82) is 0 Å². The summed E-state index contributed by atoms with van der Waals surface area (Å²) in [4.78, 5) is 10.6. The first-order chi connectivity index (χ1) is 15.5. The van der Waals surface area contributed by atoms with Gasteiger partial charge in [-0.25, -0.2) is 9.71 Å². The Bertz CT molecular complexity index is 1320. The molecule has 32 heavy (non-hydrogen) atoms. The normalized spacial score (nSPS) is 18.3. The Labute approximate surface area is 189 Å². The van der Waals surface area contributed by atoms with Crippen LogP contribution in [0.15, 0.2) is 72.9 Å². The second kappa shape index (κ2) is 8.37. The van der Waals surface area contributed by atoms with Crippen LogP contribution >= 0.6 is 11.6 Å². The lowest BCUT2D eigenvalue weighted by molar-refractivity contribution is -0.384. The smallest absolute Gasteiger partial charge is 0.270 e. The van der Waals surface area contributed by atoms with Crippen LogP contribution in [0.5, 0.6) is 0 Å². The topological polar surface area (TPSA) is 62.2 Å². The van der Waals surface area contributed by atoms with Crippen LogP contribution in [-0.4, -0.2) is 16.0 Å². The SMILES string of the molecule is O=[N+]([O-])c1ccc(C2[N]CCC2c2cn(Cc3cccc(F)c3)c3ccccc23)c(Cl)c1. The molecule has 5 nitrogen and oxygen atoms in total. The van der Waals surface area contributed by atoms with Crippen molar-refractivity contribution in [2.45, 2.75) is 24.9 Å². The third-order valence-electron chi connectivity index (χ3n) is 6.12. The van der Waals surface area contributed by atoms with Crippen LogP contribution < -0.4 is 5.32 Å². The minimum Gasteiger partial charge on any atom is -0.343 e. The summed E-state index contributed by atoms with van der Waals surface area (Å²) in [5, 5.41) is 17.4. The standard InChI is InChI=1S/C25H20ClFN3O2/c26-23-13-18(30(31)32)8-9-21(23)25-20(10-11-28-25)22-15-29(24-7-2-1-6-19(22)24)14-16-4-3-5-17(27)12-16/h1-9,12-13,15,20,25H,10-11,14H2. The van der Waals surface area contributed by atoms with Crippen LogP contribution in [0.4, 0.5) is 10.1 Å². The average molecular weight is 449 g/mol. The quantitative estimate of drug-likeness (QED) is 0.268. The molecule has 7 heteroatoms. The summed E-state index contributed by atoms with van der Waals surface area (Å²) in [6.07, 6.45) is 3.00. The number of aromatic nitrogens is 1. The molecule has 1 saturated heterocycles. The van der Waals surface area contributed by atoms with Crippen LogP contribution in [0, 0.1) is 15.9 Å². The van der Waals surface area contributed by atoms with E-state index in [0.717, 1.165) is 34.0 Å². The fourth-order valence-electron chi connectivity index (χ4n) is 4.68. The predicted molar refractivity (Wildman–Crippen MR) is 123 cm³/mol. The molecule has 4 aromatic rings. The van der Waals surface area contributed by atoms with Gasteiger partial charge in [0.15, 0.2) is 0 Å². The van der Waals surface area contributed by atoms with Crippen molar-refractivity contribution in [2.24, 2.45) is 0 Å². The second-order valence-corrected chi connectivity index (χ2v) is 8.48. The molecule has 1 aliphatic heterocycles. The van der Waals surface area contributed by atoms with Crippen LogP contribution in [0.1, 0.15) is 35.1 Å². The molecule has 2 unspecified atom stereocenters. The largest absolute Gasteiger partial charge is 0.343 e. The lowest BCUT2D eigenvalue weighted by Crippen LogP contribution is -2.12. The summed E-state index contributed by atoms with van der Waals surface area (Å²) in [6.45, 7) is 1.26. The Morgan fingerprint density at radius 2 is 1.94 bits per heavy atom. The minimum atomic E-state index is -0.445. The molecule has 2 heterocycles. The highest BCUT2D eigenvalue weighted by Gasteiger charge is 2.34. The third kappa shape index (κ3) is 3.76. The lowest BCUT2D eigenvalue weighted by atomic mass is 9.87. The molecule has 161 valence electrons. The van der Waals surface area contributed by atoms with Crippen molar-refractivity contribution >= 4 is 28.2 Å². The van der Waals surface area contributed by atoms with Gasteiger partial charge in [-0.2, -0.15) is 0 Å². The van der Waals surface area contributed by atoms with Crippen LogP contribution in [0.2, 0.25) is 5.02 Å². The molecular weight excluding hydrogens is 429 g/mol. The van der Waals surface area contributed by atoms with E-state index < -0.39 is 4.92 Å². The van der Waals surface area contributed by atoms with E-state index in [4.69, 9.17) is 16.9 Å². The number of nitro benzene ring substituents is 1. The highest BCUT2D eigenvalue weighted by molar-refractivity contribution is 6.31. The first kappa shape index (κ1) is 20.7. The van der Waals surface area contributed by atoms with E-state index >= 15 is 0 Å². The number of rotatable bonds is 5. The van der Waals surface area contributed by atoms with E-state index in [0.29, 0.717) is 18.1 Å². The van der Waals surface area contributed by atoms with Crippen molar-refractivity contribution in [2.75, 3.05) is 6.54 Å². The van der Waals surface area contributed by atoms with Gasteiger partial charge in [0.25, 0.3) is 5.69 Å². The molecule has 0 aliphatic carbocycles. The van der Waals surface area contributed by atoms with Crippen LogP contribution in [0.3, 0.4) is 0 Å². The highest BCUT2D eigenvalue weighted by Crippen LogP contribution is 2.44. The van der Waals surface area contributed by atoms with Gasteiger partial charge < -0.3 is 4.57 Å². The van der Waals surface area contributed by atoms with Gasteiger partial charge in [-0.15, -0.1) is 0 Å². The molecule has 0 saturated carbocycles. The molecule has 0 spiro atoms. The number of non-ortho nitro benzene ring substituents is 1. The Hall–Kier alpha value is -3.22. The zero-order valence-electron chi connectivity index (χ0n) is 17.1. The maximum Gasteiger partial charge on any atom is 0.270 e. The van der Waals surface area contributed by atoms with Gasteiger partial charge in [-0.3, -0.25) is 10.1 Å². The molecular formula is C25H20ClFN3O2. The number of nitro groups is 1. The van der Waals surface area contributed by atoms with Crippen molar-refractivity contribution in [3.8, 4) is 0 Å². The van der Waals surface area contributed by atoms with Crippen molar-refractivity contribution in [3.63, 3.8) is 0 Å². The molecule has 2 atom stereocenters. The zero-order valence-corrected chi connectivity index (χ0v) is 17.9.